The molecule has 0 bridgehead atoms. The lowest BCUT2D eigenvalue weighted by Gasteiger charge is -2.05. The van der Waals surface area contributed by atoms with E-state index in [2.05, 4.69) is 9.50 Å². The van der Waals surface area contributed by atoms with Gasteiger partial charge in [-0.05, 0) is 30.7 Å². The summed E-state index contributed by atoms with van der Waals surface area (Å²) in [5.41, 5.74) is 7.19. The molecule has 0 aliphatic rings. The van der Waals surface area contributed by atoms with Gasteiger partial charge in [-0.2, -0.15) is 0 Å². The van der Waals surface area contributed by atoms with Crippen molar-refractivity contribution in [2.75, 3.05) is 24.2 Å². The van der Waals surface area contributed by atoms with Crippen molar-refractivity contribution in [1.29, 1.82) is 0 Å². The van der Waals surface area contributed by atoms with Crippen molar-refractivity contribution in [3.05, 3.63) is 24.3 Å². The number of thiol groups is 1. The highest BCUT2D eigenvalue weighted by Crippen LogP contribution is 2.09. The Hall–Kier alpha value is -1.27. The maximum Gasteiger partial charge on any atom is 0.257 e. The summed E-state index contributed by atoms with van der Waals surface area (Å²) in [5.74, 6) is 0. The maximum absolute atomic E-state index is 10.1. The number of nitrogens with one attached hydrogen (secondary N) is 1. The van der Waals surface area contributed by atoms with E-state index in [1.165, 1.54) is 0 Å². The number of hydrogen-bond acceptors (Lipinski definition) is 5. The van der Waals surface area contributed by atoms with E-state index in [1.807, 2.05) is 12.1 Å². The molecule has 0 unspecified atom stereocenters. The predicted octanol–water partition coefficient (Wildman–Crippen LogP) is 0.614. The molecule has 1 aromatic carbocycles. The average molecular weight is 230 g/mol. The Labute approximate surface area is 90.4 Å². The molecule has 0 radical (unpaired) electrons. The minimum atomic E-state index is -2.72. The fourth-order valence-corrected chi connectivity index (χ4v) is 1.32. The van der Waals surface area contributed by atoms with Crippen LogP contribution in [0.3, 0.4) is 0 Å². The number of nitrogen functional groups attached to an aromatic ring is 1. The number of rotatable bonds is 6. The summed E-state index contributed by atoms with van der Waals surface area (Å²) in [6, 6.07) is 7.33. The van der Waals surface area contributed by atoms with Gasteiger partial charge in [0, 0.05) is 17.9 Å². The number of nitrogens with two attached hydrogens (primary N) is 1. The van der Waals surface area contributed by atoms with Gasteiger partial charge in [0.1, 0.15) is 0 Å². The molecule has 84 valence electrons. The Balaban J connectivity index is 2.17. The summed E-state index contributed by atoms with van der Waals surface area (Å²) in [4.78, 5) is 0. The maximum atomic E-state index is 10.1. The normalized spacial score (nSPS) is 10.5. The molecule has 0 atom stereocenters. The smallest absolute Gasteiger partial charge is 0.257 e. The van der Waals surface area contributed by atoms with Gasteiger partial charge in [-0.25, -0.2) is 8.42 Å². The minimum absolute atomic E-state index is 0.209. The van der Waals surface area contributed by atoms with Crippen molar-refractivity contribution in [1.82, 2.24) is 0 Å². The molecule has 0 amide bonds. The van der Waals surface area contributed by atoms with Crippen molar-refractivity contribution in [2.45, 2.75) is 6.42 Å². The molecule has 0 saturated heterocycles. The van der Waals surface area contributed by atoms with Crippen LogP contribution in [0, 0.1) is 0 Å². The average Bonchev–Trinajstić information content (AvgIpc) is 2.20. The molecule has 3 N–H and O–H groups in total. The van der Waals surface area contributed by atoms with Crippen LogP contribution in [0.4, 0.5) is 11.4 Å². The van der Waals surface area contributed by atoms with E-state index in [1.54, 1.807) is 12.1 Å². The van der Waals surface area contributed by atoms with E-state index >= 15 is 0 Å². The van der Waals surface area contributed by atoms with Crippen LogP contribution >= 0.6 is 0 Å². The third-order valence-corrected chi connectivity index (χ3v) is 2.15. The molecule has 6 heteroatoms. The highest BCUT2D eigenvalue weighted by molar-refractivity contribution is 7.67. The van der Waals surface area contributed by atoms with Crippen LogP contribution in [0.1, 0.15) is 6.42 Å². The van der Waals surface area contributed by atoms with Crippen molar-refractivity contribution in [3.8, 4) is 0 Å². The van der Waals surface area contributed by atoms with Crippen LogP contribution in [0.25, 0.3) is 0 Å². The minimum Gasteiger partial charge on any atom is -0.399 e. The van der Waals surface area contributed by atoms with Crippen LogP contribution in [0.5, 0.6) is 0 Å². The highest BCUT2D eigenvalue weighted by Gasteiger charge is 1.92. The predicted molar refractivity (Wildman–Crippen MR) is 60.2 cm³/mol. The standard InChI is InChI=1S/C9H14N2O3S/c10-8-2-4-9(5-3-8)11-6-1-7-14-15(12)13/h2-5,11,15H,1,6-7,10H2. The Morgan fingerprint density at radius 3 is 2.53 bits per heavy atom. The first-order valence-electron chi connectivity index (χ1n) is 4.55. The van der Waals surface area contributed by atoms with Gasteiger partial charge < -0.3 is 11.1 Å². The molecule has 1 aromatic rings. The Bertz CT molecular complexity index is 354. The molecule has 15 heavy (non-hydrogen) atoms. The summed E-state index contributed by atoms with van der Waals surface area (Å²) in [5, 5.41) is 3.11. The van der Waals surface area contributed by atoms with Crippen LogP contribution in [0.2, 0.25) is 0 Å². The highest BCUT2D eigenvalue weighted by atomic mass is 32.2. The molecule has 0 spiro atoms. The van der Waals surface area contributed by atoms with Crippen LogP contribution in [-0.2, 0) is 15.2 Å². The van der Waals surface area contributed by atoms with Gasteiger partial charge in [0.25, 0.3) is 11.0 Å². The zero-order valence-electron chi connectivity index (χ0n) is 8.18. The van der Waals surface area contributed by atoms with Crippen molar-refractivity contribution >= 4 is 22.4 Å². The fraction of sp³-hybridized carbons (Fsp3) is 0.333. The van der Waals surface area contributed by atoms with E-state index < -0.39 is 11.0 Å². The summed E-state index contributed by atoms with van der Waals surface area (Å²) in [6.07, 6.45) is 0.633. The first kappa shape index (κ1) is 11.8. The zero-order chi connectivity index (χ0) is 11.1. The number of benzene rings is 1. The molecule has 0 heterocycles. The van der Waals surface area contributed by atoms with Gasteiger partial charge in [0.05, 0.1) is 6.61 Å². The summed E-state index contributed by atoms with van der Waals surface area (Å²) in [7, 11) is -2.72. The van der Waals surface area contributed by atoms with E-state index in [0.717, 1.165) is 5.69 Å². The summed E-state index contributed by atoms with van der Waals surface area (Å²) < 4.78 is 24.5. The third kappa shape index (κ3) is 5.24. The lowest BCUT2D eigenvalue weighted by Crippen LogP contribution is -2.05. The van der Waals surface area contributed by atoms with E-state index in [-0.39, 0.29) is 6.61 Å². The number of anilines is 2. The van der Waals surface area contributed by atoms with Gasteiger partial charge in [-0.15, -0.1) is 0 Å². The first-order valence-corrected chi connectivity index (χ1v) is 5.65. The van der Waals surface area contributed by atoms with E-state index in [0.29, 0.717) is 18.7 Å². The summed E-state index contributed by atoms with van der Waals surface area (Å²) >= 11 is 0. The molecular weight excluding hydrogens is 216 g/mol. The Morgan fingerprint density at radius 1 is 1.27 bits per heavy atom. The monoisotopic (exact) mass is 230 g/mol. The molecule has 0 fully saturated rings. The molecule has 0 aliphatic heterocycles. The Kier molecular flexibility index (Phi) is 4.92. The van der Waals surface area contributed by atoms with E-state index in [4.69, 9.17) is 5.73 Å². The molecule has 5 nitrogen and oxygen atoms in total. The molecule has 0 saturated carbocycles. The second-order valence-corrected chi connectivity index (χ2v) is 3.66. The third-order valence-electron chi connectivity index (χ3n) is 1.76. The second kappa shape index (κ2) is 6.26. The SMILES string of the molecule is Nc1ccc(NCCCO[SH](=O)=O)cc1. The van der Waals surface area contributed by atoms with Gasteiger partial charge in [0.2, 0.25) is 0 Å². The largest absolute Gasteiger partial charge is 0.399 e. The van der Waals surface area contributed by atoms with Gasteiger partial charge in [-0.1, -0.05) is 0 Å². The lowest BCUT2D eigenvalue weighted by molar-refractivity contribution is 0.330. The van der Waals surface area contributed by atoms with Gasteiger partial charge >= 0.3 is 0 Å². The lowest BCUT2D eigenvalue weighted by atomic mass is 10.3. The molecule has 1 rings (SSSR count). The first-order chi connectivity index (χ1) is 7.18. The van der Waals surface area contributed by atoms with Crippen LogP contribution in [0.15, 0.2) is 24.3 Å². The fourth-order valence-electron chi connectivity index (χ4n) is 1.04. The Morgan fingerprint density at radius 2 is 1.93 bits per heavy atom. The van der Waals surface area contributed by atoms with Crippen LogP contribution < -0.4 is 11.1 Å². The zero-order valence-corrected chi connectivity index (χ0v) is 9.07. The van der Waals surface area contributed by atoms with Crippen molar-refractivity contribution < 1.29 is 12.6 Å². The quantitative estimate of drug-likeness (QED) is 0.379. The molecule has 0 aromatic heterocycles. The van der Waals surface area contributed by atoms with Crippen molar-refractivity contribution in [3.63, 3.8) is 0 Å². The van der Waals surface area contributed by atoms with Crippen molar-refractivity contribution in [2.24, 2.45) is 0 Å². The molecule has 0 aliphatic carbocycles. The summed E-state index contributed by atoms with van der Waals surface area (Å²) in [6.45, 7) is 0.869. The topological polar surface area (TPSA) is 81.4 Å². The van der Waals surface area contributed by atoms with Gasteiger partial charge in [-0.3, -0.25) is 4.18 Å². The van der Waals surface area contributed by atoms with E-state index in [9.17, 15) is 8.42 Å². The number of hydrogen-bond donors (Lipinski definition) is 3. The second-order valence-electron chi connectivity index (χ2n) is 2.96. The molecular formula is C9H14N2O3S. The van der Waals surface area contributed by atoms with Gasteiger partial charge in [0.15, 0.2) is 0 Å². The van der Waals surface area contributed by atoms with Crippen LogP contribution in [-0.4, -0.2) is 21.6 Å².